The van der Waals surface area contributed by atoms with Crippen molar-refractivity contribution in [2.45, 2.75) is 25.9 Å². The minimum absolute atomic E-state index is 0.100. The summed E-state index contributed by atoms with van der Waals surface area (Å²) in [7, 11) is 0. The molecule has 156 valence electrons. The Morgan fingerprint density at radius 1 is 1.16 bits per heavy atom. The van der Waals surface area contributed by atoms with Gasteiger partial charge in [0.15, 0.2) is 0 Å². The predicted molar refractivity (Wildman–Crippen MR) is 117 cm³/mol. The predicted octanol–water partition coefficient (Wildman–Crippen LogP) is 4.66. The van der Waals surface area contributed by atoms with Crippen molar-refractivity contribution < 1.29 is 13.9 Å². The highest BCUT2D eigenvalue weighted by atomic mass is 19.1. The number of nitrogens with zero attached hydrogens (tertiary/aromatic N) is 2. The number of carbonyl (C=O) groups is 1. The molecule has 1 N–H and O–H groups in total. The normalized spacial score (nSPS) is 15.7. The van der Waals surface area contributed by atoms with Crippen LogP contribution in [-0.4, -0.2) is 33.4 Å². The van der Waals surface area contributed by atoms with E-state index >= 15 is 0 Å². The number of aryl methyl sites for hydroxylation is 1. The Bertz CT molecular complexity index is 1220. The third kappa shape index (κ3) is 3.89. The Hall–Kier alpha value is -3.67. The van der Waals surface area contributed by atoms with Gasteiger partial charge in [0.25, 0.3) is 5.91 Å². The number of nitrogens with one attached hydrogen (secondary N) is 1. The van der Waals surface area contributed by atoms with Crippen molar-refractivity contribution in [3.63, 3.8) is 0 Å². The summed E-state index contributed by atoms with van der Waals surface area (Å²) in [6.45, 7) is 2.64. The molecule has 31 heavy (non-hydrogen) atoms. The fraction of sp³-hybridized carbons (Fsp3) is 0.200. The summed E-state index contributed by atoms with van der Waals surface area (Å²) in [5.74, 6) is 0.138. The molecule has 4 aromatic rings. The second-order valence-electron chi connectivity index (χ2n) is 7.96. The number of fused-ring (bicyclic) bond motifs is 2. The van der Waals surface area contributed by atoms with E-state index in [2.05, 4.69) is 9.97 Å². The summed E-state index contributed by atoms with van der Waals surface area (Å²) in [6.07, 6.45) is 2.26. The average Bonchev–Trinajstić information content (AvgIpc) is 3.22. The Labute approximate surface area is 179 Å². The van der Waals surface area contributed by atoms with Crippen LogP contribution in [0.25, 0.3) is 10.9 Å². The van der Waals surface area contributed by atoms with Gasteiger partial charge in [-0.3, -0.25) is 4.79 Å². The lowest BCUT2D eigenvalue weighted by Gasteiger charge is -2.36. The van der Waals surface area contributed by atoms with Crippen molar-refractivity contribution in [2.75, 3.05) is 6.61 Å². The molecular formula is C25H22FN3O2. The fourth-order valence-electron chi connectivity index (χ4n) is 4.07. The van der Waals surface area contributed by atoms with Gasteiger partial charge in [0.1, 0.15) is 18.1 Å². The van der Waals surface area contributed by atoms with Crippen LogP contribution in [0.5, 0.6) is 5.88 Å². The van der Waals surface area contributed by atoms with Crippen LogP contribution in [0.1, 0.15) is 27.2 Å². The maximum Gasteiger partial charge on any atom is 0.270 e. The highest BCUT2D eigenvalue weighted by molar-refractivity contribution is 5.98. The second kappa shape index (κ2) is 7.87. The van der Waals surface area contributed by atoms with E-state index in [0.717, 1.165) is 27.6 Å². The molecule has 1 amide bonds. The molecule has 2 aromatic heterocycles. The van der Waals surface area contributed by atoms with Crippen molar-refractivity contribution >= 4 is 16.8 Å². The van der Waals surface area contributed by atoms with Gasteiger partial charge in [-0.1, -0.05) is 30.3 Å². The van der Waals surface area contributed by atoms with Crippen LogP contribution in [0.15, 0.2) is 66.9 Å². The fourth-order valence-corrected chi connectivity index (χ4v) is 4.07. The third-order valence-electron chi connectivity index (χ3n) is 5.73. The van der Waals surface area contributed by atoms with Crippen LogP contribution in [0.2, 0.25) is 0 Å². The molecule has 0 bridgehead atoms. The molecular weight excluding hydrogens is 393 g/mol. The number of amides is 1. The average molecular weight is 415 g/mol. The maximum absolute atomic E-state index is 13.8. The minimum Gasteiger partial charge on any atom is -0.475 e. The topological polar surface area (TPSA) is 58.2 Å². The SMILES string of the molecule is Cc1ccc(OCC2Cc3cc(F)ccc3CN2C(=O)c2cc3ccccc3[nH]2)nc1. The first-order valence-corrected chi connectivity index (χ1v) is 10.3. The van der Waals surface area contributed by atoms with Gasteiger partial charge in [-0.25, -0.2) is 9.37 Å². The molecule has 1 unspecified atom stereocenters. The standard InChI is InChI=1S/C25H22FN3O2/c1-16-6-9-24(27-13-16)31-15-21-11-19-10-20(26)8-7-18(19)14-29(21)25(30)23-12-17-4-2-3-5-22(17)28-23/h2-10,12-13,21,28H,11,14-15H2,1H3. The van der Waals surface area contributed by atoms with Gasteiger partial charge in [0, 0.05) is 29.7 Å². The van der Waals surface area contributed by atoms with Crippen molar-refractivity contribution in [1.29, 1.82) is 0 Å². The molecule has 6 heteroatoms. The molecule has 0 aliphatic carbocycles. The zero-order valence-corrected chi connectivity index (χ0v) is 17.1. The number of aromatic amines is 1. The highest BCUT2D eigenvalue weighted by Gasteiger charge is 2.32. The van der Waals surface area contributed by atoms with Crippen molar-refractivity contribution in [3.8, 4) is 5.88 Å². The van der Waals surface area contributed by atoms with Crippen LogP contribution in [0, 0.1) is 12.7 Å². The number of para-hydroxylation sites is 1. The number of hydrogen-bond acceptors (Lipinski definition) is 3. The molecule has 2 aromatic carbocycles. The summed E-state index contributed by atoms with van der Waals surface area (Å²) in [5.41, 5.74) is 4.36. The molecule has 5 rings (SSSR count). The number of benzene rings is 2. The maximum atomic E-state index is 13.8. The lowest BCUT2D eigenvalue weighted by Crippen LogP contribution is -2.47. The van der Waals surface area contributed by atoms with Gasteiger partial charge >= 0.3 is 0 Å². The zero-order valence-electron chi connectivity index (χ0n) is 17.1. The lowest BCUT2D eigenvalue weighted by atomic mass is 9.93. The van der Waals surface area contributed by atoms with Crippen molar-refractivity contribution in [1.82, 2.24) is 14.9 Å². The number of pyridine rings is 1. The van der Waals surface area contributed by atoms with Crippen molar-refractivity contribution in [3.05, 3.63) is 95.1 Å². The van der Waals surface area contributed by atoms with Crippen LogP contribution >= 0.6 is 0 Å². The Morgan fingerprint density at radius 3 is 2.84 bits per heavy atom. The minimum atomic E-state index is -0.269. The first kappa shape index (κ1) is 19.3. The summed E-state index contributed by atoms with van der Waals surface area (Å²) in [5, 5.41) is 0.988. The van der Waals surface area contributed by atoms with E-state index < -0.39 is 0 Å². The molecule has 5 nitrogen and oxygen atoms in total. The van der Waals surface area contributed by atoms with E-state index in [1.165, 1.54) is 6.07 Å². The first-order chi connectivity index (χ1) is 15.1. The van der Waals surface area contributed by atoms with Crippen LogP contribution in [-0.2, 0) is 13.0 Å². The number of carbonyl (C=O) groups excluding carboxylic acids is 1. The number of hydrogen-bond donors (Lipinski definition) is 1. The molecule has 1 atom stereocenters. The van der Waals surface area contributed by atoms with Crippen LogP contribution in [0.3, 0.4) is 0 Å². The molecule has 0 fully saturated rings. The van der Waals surface area contributed by atoms with Crippen molar-refractivity contribution in [2.24, 2.45) is 0 Å². The molecule has 0 spiro atoms. The lowest BCUT2D eigenvalue weighted by molar-refractivity contribution is 0.0557. The quantitative estimate of drug-likeness (QED) is 0.528. The number of ether oxygens (including phenoxy) is 1. The first-order valence-electron chi connectivity index (χ1n) is 10.3. The highest BCUT2D eigenvalue weighted by Crippen LogP contribution is 2.27. The van der Waals surface area contributed by atoms with E-state index in [0.29, 0.717) is 24.5 Å². The van der Waals surface area contributed by atoms with E-state index in [9.17, 15) is 9.18 Å². The monoisotopic (exact) mass is 415 g/mol. The Kier molecular flexibility index (Phi) is 4.90. The summed E-state index contributed by atoms with van der Waals surface area (Å²) < 4.78 is 19.7. The number of H-pyrrole nitrogens is 1. The van der Waals surface area contributed by atoms with Gasteiger partial charge in [0.2, 0.25) is 5.88 Å². The van der Waals surface area contributed by atoms with Gasteiger partial charge in [-0.2, -0.15) is 0 Å². The Balaban J connectivity index is 1.44. The van der Waals surface area contributed by atoms with E-state index in [1.54, 1.807) is 23.2 Å². The Morgan fingerprint density at radius 2 is 2.03 bits per heavy atom. The van der Waals surface area contributed by atoms with E-state index in [4.69, 9.17) is 4.74 Å². The molecule has 0 saturated carbocycles. The zero-order chi connectivity index (χ0) is 21.4. The van der Waals surface area contributed by atoms with Gasteiger partial charge in [-0.15, -0.1) is 0 Å². The smallest absolute Gasteiger partial charge is 0.270 e. The largest absolute Gasteiger partial charge is 0.475 e. The molecule has 3 heterocycles. The second-order valence-corrected chi connectivity index (χ2v) is 7.96. The molecule has 0 radical (unpaired) electrons. The third-order valence-corrected chi connectivity index (χ3v) is 5.73. The molecule has 1 aliphatic heterocycles. The molecule has 1 aliphatic rings. The summed E-state index contributed by atoms with van der Waals surface area (Å²) in [6, 6.07) is 17.9. The van der Waals surface area contributed by atoms with Crippen LogP contribution in [0.4, 0.5) is 4.39 Å². The van der Waals surface area contributed by atoms with E-state index in [1.807, 2.05) is 49.4 Å². The number of halogens is 1. The summed E-state index contributed by atoms with van der Waals surface area (Å²) in [4.78, 5) is 22.8. The number of aromatic nitrogens is 2. The van der Waals surface area contributed by atoms with Gasteiger partial charge in [-0.05, 0) is 54.3 Å². The summed E-state index contributed by atoms with van der Waals surface area (Å²) >= 11 is 0. The van der Waals surface area contributed by atoms with Crippen LogP contribution < -0.4 is 4.74 Å². The van der Waals surface area contributed by atoms with Gasteiger partial charge < -0.3 is 14.6 Å². The van der Waals surface area contributed by atoms with Gasteiger partial charge in [0.05, 0.1) is 6.04 Å². The van der Waals surface area contributed by atoms with E-state index in [-0.39, 0.29) is 24.4 Å². The molecule has 0 saturated heterocycles. The number of rotatable bonds is 4.